The van der Waals surface area contributed by atoms with Gasteiger partial charge in [0.2, 0.25) is 5.95 Å². The molecule has 9 heteroatoms. The first-order valence-corrected chi connectivity index (χ1v) is 11.3. The van der Waals surface area contributed by atoms with E-state index >= 15 is 0 Å². The summed E-state index contributed by atoms with van der Waals surface area (Å²) < 4.78 is 7.90. The van der Waals surface area contributed by atoms with Crippen LogP contribution >= 0.6 is 0 Å². The van der Waals surface area contributed by atoms with E-state index in [0.29, 0.717) is 13.0 Å². The van der Waals surface area contributed by atoms with Gasteiger partial charge in [0, 0.05) is 37.4 Å². The second-order valence-corrected chi connectivity index (χ2v) is 8.30. The van der Waals surface area contributed by atoms with Gasteiger partial charge in [0.1, 0.15) is 5.75 Å². The summed E-state index contributed by atoms with van der Waals surface area (Å²) in [5, 5.41) is 3.18. The fraction of sp³-hybridized carbons (Fsp3) is 0.269. The first-order chi connectivity index (χ1) is 16.9. The van der Waals surface area contributed by atoms with Gasteiger partial charge in [-0.1, -0.05) is 12.1 Å². The van der Waals surface area contributed by atoms with Crippen LogP contribution in [0.3, 0.4) is 0 Å². The maximum Gasteiger partial charge on any atom is 0.354 e. The third-order valence-corrected chi connectivity index (χ3v) is 5.82. The highest BCUT2D eigenvalue weighted by Gasteiger charge is 2.14. The molecule has 3 aromatic heterocycles. The largest absolute Gasteiger partial charge is 0.497 e. The molecular formula is C26H28N6O3. The summed E-state index contributed by atoms with van der Waals surface area (Å²) in [5.41, 5.74) is 3.82. The van der Waals surface area contributed by atoms with Crippen LogP contribution in [0.25, 0.3) is 0 Å². The van der Waals surface area contributed by atoms with Crippen LogP contribution in [0.5, 0.6) is 5.75 Å². The Balaban J connectivity index is 1.67. The molecule has 0 aliphatic carbocycles. The van der Waals surface area contributed by atoms with Crippen LogP contribution in [-0.2, 0) is 26.1 Å². The second-order valence-electron chi connectivity index (χ2n) is 8.30. The van der Waals surface area contributed by atoms with Crippen LogP contribution in [0.4, 0.5) is 5.95 Å². The highest BCUT2D eigenvalue weighted by atomic mass is 16.5. The van der Waals surface area contributed by atoms with Gasteiger partial charge in [-0.25, -0.2) is 14.2 Å². The number of nitrogens with one attached hydrogen (secondary N) is 1. The minimum atomic E-state index is -0.587. The number of ether oxygens (including phenoxy) is 1. The molecule has 1 aromatic carbocycles. The molecule has 3 heterocycles. The van der Waals surface area contributed by atoms with Crippen molar-refractivity contribution in [3.05, 3.63) is 110 Å². The zero-order valence-corrected chi connectivity index (χ0v) is 20.1. The van der Waals surface area contributed by atoms with E-state index < -0.39 is 11.4 Å². The van der Waals surface area contributed by atoms with Gasteiger partial charge in [-0.15, -0.1) is 0 Å². The third-order valence-electron chi connectivity index (χ3n) is 5.82. The molecule has 0 fully saturated rings. The smallest absolute Gasteiger partial charge is 0.354 e. The predicted molar refractivity (Wildman–Crippen MR) is 134 cm³/mol. The summed E-state index contributed by atoms with van der Waals surface area (Å²) in [7, 11) is 1.60. The standard InChI is InChI=1S/C26H28N6O3/c1-18-14-19(2)28-15-22(18)16-29-24-30-25(33)31(13-10-20-8-11-27-12-9-20)26(34)32(24)17-21-4-6-23(35-3)7-5-21/h4-9,11-12,14-15H,10,13,16-17H2,1-3H3,(H,29,30,33). The van der Waals surface area contributed by atoms with Crippen molar-refractivity contribution in [1.29, 1.82) is 0 Å². The lowest BCUT2D eigenvalue weighted by Gasteiger charge is -2.16. The molecule has 9 nitrogen and oxygen atoms in total. The molecule has 0 atom stereocenters. The van der Waals surface area contributed by atoms with E-state index in [1.54, 1.807) is 25.7 Å². The molecule has 0 bridgehead atoms. The highest BCUT2D eigenvalue weighted by molar-refractivity contribution is 5.33. The number of rotatable bonds is 9. The number of hydrogen-bond donors (Lipinski definition) is 1. The lowest BCUT2D eigenvalue weighted by atomic mass is 10.1. The lowest BCUT2D eigenvalue weighted by Crippen LogP contribution is -2.43. The molecule has 0 radical (unpaired) electrons. The van der Waals surface area contributed by atoms with Gasteiger partial charge in [-0.05, 0) is 72.9 Å². The molecule has 0 saturated carbocycles. The van der Waals surface area contributed by atoms with E-state index in [2.05, 4.69) is 20.3 Å². The van der Waals surface area contributed by atoms with Gasteiger partial charge >= 0.3 is 11.4 Å². The summed E-state index contributed by atoms with van der Waals surface area (Å²) >= 11 is 0. The monoisotopic (exact) mass is 472 g/mol. The summed E-state index contributed by atoms with van der Waals surface area (Å²) in [4.78, 5) is 38.9. The number of anilines is 1. The van der Waals surface area contributed by atoms with Crippen LogP contribution in [-0.4, -0.2) is 31.2 Å². The molecule has 35 heavy (non-hydrogen) atoms. The Morgan fingerprint density at radius 1 is 0.971 bits per heavy atom. The third kappa shape index (κ3) is 5.81. The van der Waals surface area contributed by atoms with Gasteiger partial charge < -0.3 is 10.1 Å². The average molecular weight is 473 g/mol. The van der Waals surface area contributed by atoms with Crippen molar-refractivity contribution in [3.8, 4) is 5.75 Å². The van der Waals surface area contributed by atoms with Gasteiger partial charge in [0.25, 0.3) is 0 Å². The van der Waals surface area contributed by atoms with E-state index in [9.17, 15) is 9.59 Å². The van der Waals surface area contributed by atoms with Crippen LogP contribution in [0.2, 0.25) is 0 Å². The molecular weight excluding hydrogens is 444 g/mol. The molecule has 180 valence electrons. The van der Waals surface area contributed by atoms with Gasteiger partial charge in [0.05, 0.1) is 13.7 Å². The van der Waals surface area contributed by atoms with Crippen LogP contribution < -0.4 is 21.4 Å². The zero-order chi connectivity index (χ0) is 24.8. The highest BCUT2D eigenvalue weighted by Crippen LogP contribution is 2.14. The van der Waals surface area contributed by atoms with Crippen molar-refractivity contribution in [2.75, 3.05) is 12.4 Å². The first-order valence-electron chi connectivity index (χ1n) is 11.3. The van der Waals surface area contributed by atoms with Crippen LogP contribution in [0.1, 0.15) is 27.9 Å². The Morgan fingerprint density at radius 3 is 2.40 bits per heavy atom. The number of aromatic nitrogens is 5. The van der Waals surface area contributed by atoms with Crippen molar-refractivity contribution in [3.63, 3.8) is 0 Å². The van der Waals surface area contributed by atoms with E-state index in [1.165, 1.54) is 9.13 Å². The van der Waals surface area contributed by atoms with Gasteiger partial charge in [0.15, 0.2) is 0 Å². The molecule has 1 N–H and O–H groups in total. The van der Waals surface area contributed by atoms with Crippen molar-refractivity contribution in [1.82, 2.24) is 24.1 Å². The van der Waals surface area contributed by atoms with Crippen molar-refractivity contribution in [2.45, 2.75) is 39.9 Å². The van der Waals surface area contributed by atoms with E-state index in [1.807, 2.05) is 56.3 Å². The Labute approximate surface area is 203 Å². The quantitative estimate of drug-likeness (QED) is 0.399. The maximum atomic E-state index is 13.5. The molecule has 0 unspecified atom stereocenters. The Morgan fingerprint density at radius 2 is 1.71 bits per heavy atom. The lowest BCUT2D eigenvalue weighted by molar-refractivity contribution is 0.414. The number of nitrogens with zero attached hydrogens (tertiary/aromatic N) is 5. The predicted octanol–water partition coefficient (Wildman–Crippen LogP) is 2.72. The molecule has 0 spiro atoms. The summed E-state index contributed by atoms with van der Waals surface area (Å²) in [6.45, 7) is 4.79. The molecule has 0 aliphatic rings. The van der Waals surface area contributed by atoms with Crippen molar-refractivity contribution in [2.24, 2.45) is 0 Å². The second kappa shape index (κ2) is 10.8. The first kappa shape index (κ1) is 23.9. The topological polar surface area (TPSA) is 104 Å². The summed E-state index contributed by atoms with van der Waals surface area (Å²) in [6, 6.07) is 13.2. The molecule has 0 aliphatic heterocycles. The van der Waals surface area contributed by atoms with Gasteiger partial charge in [-0.2, -0.15) is 4.98 Å². The number of aryl methyl sites for hydroxylation is 3. The maximum absolute atomic E-state index is 13.5. The number of pyridine rings is 2. The molecule has 0 saturated heterocycles. The van der Waals surface area contributed by atoms with E-state index in [-0.39, 0.29) is 19.0 Å². The Kier molecular flexibility index (Phi) is 7.35. The summed E-state index contributed by atoms with van der Waals surface area (Å²) in [6.07, 6.45) is 5.68. The normalized spacial score (nSPS) is 10.8. The molecule has 4 aromatic rings. The minimum absolute atomic E-state index is 0.218. The van der Waals surface area contributed by atoms with Gasteiger partial charge in [-0.3, -0.25) is 14.5 Å². The number of methoxy groups -OCH3 is 1. The van der Waals surface area contributed by atoms with Crippen LogP contribution in [0.15, 0.2) is 70.6 Å². The van der Waals surface area contributed by atoms with E-state index in [0.717, 1.165) is 33.7 Å². The fourth-order valence-electron chi connectivity index (χ4n) is 3.79. The van der Waals surface area contributed by atoms with Crippen molar-refractivity contribution >= 4 is 5.95 Å². The van der Waals surface area contributed by atoms with Crippen molar-refractivity contribution < 1.29 is 4.74 Å². The Bertz CT molecular complexity index is 1410. The SMILES string of the molecule is COc1ccc(Cn2c(NCc3cnc(C)cc3C)nc(=O)n(CCc3ccncc3)c2=O)cc1. The fourth-order valence-corrected chi connectivity index (χ4v) is 3.79. The minimum Gasteiger partial charge on any atom is -0.497 e. The zero-order valence-electron chi connectivity index (χ0n) is 20.1. The number of benzene rings is 1. The van der Waals surface area contributed by atoms with E-state index in [4.69, 9.17) is 4.74 Å². The average Bonchev–Trinajstić information content (AvgIpc) is 2.86. The number of hydrogen-bond acceptors (Lipinski definition) is 7. The molecule has 0 amide bonds. The Hall–Kier alpha value is -4.27. The molecule has 4 rings (SSSR count). The summed E-state index contributed by atoms with van der Waals surface area (Å²) in [5.74, 6) is 0.943. The van der Waals surface area contributed by atoms with Crippen LogP contribution in [0, 0.1) is 13.8 Å².